The fourth-order valence-electron chi connectivity index (χ4n) is 3.63. The third-order valence-electron chi connectivity index (χ3n) is 4.91. The lowest BCUT2D eigenvalue weighted by atomic mass is 10.0. The molecule has 0 unspecified atom stereocenters. The predicted molar refractivity (Wildman–Crippen MR) is 109 cm³/mol. The van der Waals surface area contributed by atoms with E-state index < -0.39 is 0 Å². The minimum Gasteiger partial charge on any atom is -0.504 e. The van der Waals surface area contributed by atoms with E-state index >= 15 is 0 Å². The molecule has 0 radical (unpaired) electrons. The Hall–Kier alpha value is -3.25. The van der Waals surface area contributed by atoms with E-state index in [1.165, 1.54) is 0 Å². The lowest BCUT2D eigenvalue weighted by Crippen LogP contribution is -2.26. The van der Waals surface area contributed by atoms with Gasteiger partial charge in [-0.2, -0.15) is 0 Å². The van der Waals surface area contributed by atoms with Crippen LogP contribution in [0.4, 0.5) is 5.82 Å². The van der Waals surface area contributed by atoms with Crippen molar-refractivity contribution < 1.29 is 9.84 Å². The van der Waals surface area contributed by atoms with Gasteiger partial charge in [0.1, 0.15) is 24.4 Å². The van der Waals surface area contributed by atoms with Gasteiger partial charge in [0, 0.05) is 23.3 Å². The van der Waals surface area contributed by atoms with Crippen LogP contribution in [0, 0.1) is 0 Å². The summed E-state index contributed by atoms with van der Waals surface area (Å²) in [4.78, 5) is 14.0. The second-order valence-corrected chi connectivity index (χ2v) is 7.14. The number of nitrogens with zero attached hydrogens (tertiary/aromatic N) is 3. The lowest BCUT2D eigenvalue weighted by molar-refractivity contribution is 0.312. The summed E-state index contributed by atoms with van der Waals surface area (Å²) in [6.45, 7) is 1.67. The van der Waals surface area contributed by atoms with Crippen LogP contribution in [0.15, 0.2) is 55.0 Å². The molecule has 28 heavy (non-hydrogen) atoms. The van der Waals surface area contributed by atoms with Gasteiger partial charge in [-0.05, 0) is 41.5 Å². The summed E-state index contributed by atoms with van der Waals surface area (Å²) in [5.74, 6) is 1.49. The summed E-state index contributed by atoms with van der Waals surface area (Å²) in [5, 5.41) is 12.2. The van der Waals surface area contributed by atoms with Crippen molar-refractivity contribution in [2.45, 2.75) is 6.54 Å². The van der Waals surface area contributed by atoms with Crippen molar-refractivity contribution in [1.82, 2.24) is 15.0 Å². The first kappa shape index (κ1) is 16.9. The number of aromatic hydroxyl groups is 1. The number of halogens is 1. The second kappa shape index (κ2) is 6.73. The van der Waals surface area contributed by atoms with Crippen LogP contribution in [0.3, 0.4) is 0 Å². The SMILES string of the molecule is Oc1cc(-c2cccc(Cl)c2)cc2c1OCCN(c1ncnc3[nH]ccc13)C2. The molecule has 2 aromatic carbocycles. The summed E-state index contributed by atoms with van der Waals surface area (Å²) < 4.78 is 5.87. The zero-order valence-corrected chi connectivity index (χ0v) is 15.6. The largest absolute Gasteiger partial charge is 0.504 e. The molecule has 6 nitrogen and oxygen atoms in total. The van der Waals surface area contributed by atoms with Crippen molar-refractivity contribution in [2.24, 2.45) is 0 Å². The number of anilines is 1. The number of ether oxygens (including phenoxy) is 1. The molecule has 1 aliphatic heterocycles. The van der Waals surface area contributed by atoms with E-state index in [0.29, 0.717) is 30.5 Å². The van der Waals surface area contributed by atoms with Gasteiger partial charge in [-0.1, -0.05) is 23.7 Å². The molecule has 0 fully saturated rings. The summed E-state index contributed by atoms with van der Waals surface area (Å²) in [6.07, 6.45) is 3.41. The first-order valence-electron chi connectivity index (χ1n) is 8.97. The van der Waals surface area contributed by atoms with Gasteiger partial charge < -0.3 is 19.7 Å². The highest BCUT2D eigenvalue weighted by Crippen LogP contribution is 2.39. The molecule has 0 bridgehead atoms. The quantitative estimate of drug-likeness (QED) is 0.529. The average molecular weight is 393 g/mol. The first-order valence-corrected chi connectivity index (χ1v) is 9.34. The Morgan fingerprint density at radius 2 is 2.04 bits per heavy atom. The Balaban J connectivity index is 1.58. The van der Waals surface area contributed by atoms with Crippen molar-refractivity contribution in [2.75, 3.05) is 18.1 Å². The third-order valence-corrected chi connectivity index (χ3v) is 5.14. The van der Waals surface area contributed by atoms with Gasteiger partial charge in [-0.3, -0.25) is 0 Å². The monoisotopic (exact) mass is 392 g/mol. The Bertz CT molecular complexity index is 1170. The highest BCUT2D eigenvalue weighted by molar-refractivity contribution is 6.30. The van der Waals surface area contributed by atoms with Crippen LogP contribution in [-0.2, 0) is 6.54 Å². The Kier molecular flexibility index (Phi) is 4.06. The predicted octanol–water partition coefficient (Wildman–Crippen LogP) is 4.38. The van der Waals surface area contributed by atoms with Gasteiger partial charge in [-0.25, -0.2) is 9.97 Å². The number of aromatic amines is 1. The fourth-order valence-corrected chi connectivity index (χ4v) is 3.82. The van der Waals surface area contributed by atoms with Crippen LogP contribution in [0.2, 0.25) is 5.02 Å². The summed E-state index contributed by atoms with van der Waals surface area (Å²) >= 11 is 6.14. The summed E-state index contributed by atoms with van der Waals surface area (Å²) in [7, 11) is 0. The molecule has 2 N–H and O–H groups in total. The molecule has 4 aromatic rings. The third kappa shape index (κ3) is 2.92. The zero-order chi connectivity index (χ0) is 19.1. The van der Waals surface area contributed by atoms with Crippen molar-refractivity contribution in [3.05, 3.63) is 65.6 Å². The number of phenolic OH excluding ortho intramolecular Hbond substituents is 1. The number of aromatic nitrogens is 3. The molecule has 0 saturated heterocycles. The molecule has 0 atom stereocenters. The van der Waals surface area contributed by atoms with Gasteiger partial charge in [0.15, 0.2) is 11.5 Å². The van der Waals surface area contributed by atoms with Gasteiger partial charge in [0.2, 0.25) is 0 Å². The van der Waals surface area contributed by atoms with Crippen molar-refractivity contribution in [1.29, 1.82) is 0 Å². The minimum absolute atomic E-state index is 0.129. The van der Waals surface area contributed by atoms with Crippen LogP contribution >= 0.6 is 11.6 Å². The second-order valence-electron chi connectivity index (χ2n) is 6.70. The summed E-state index contributed by atoms with van der Waals surface area (Å²) in [6, 6.07) is 13.3. The van der Waals surface area contributed by atoms with Crippen molar-refractivity contribution in [3.8, 4) is 22.6 Å². The smallest absolute Gasteiger partial charge is 0.166 e. The van der Waals surface area contributed by atoms with Crippen LogP contribution in [0.25, 0.3) is 22.2 Å². The number of hydrogen-bond acceptors (Lipinski definition) is 5. The summed E-state index contributed by atoms with van der Waals surface area (Å²) in [5.41, 5.74) is 3.52. The van der Waals surface area contributed by atoms with Gasteiger partial charge in [-0.15, -0.1) is 0 Å². The maximum atomic E-state index is 10.6. The van der Waals surface area contributed by atoms with Gasteiger partial charge in [0.05, 0.1) is 11.9 Å². The van der Waals surface area contributed by atoms with E-state index in [4.69, 9.17) is 16.3 Å². The molecule has 3 heterocycles. The lowest BCUT2D eigenvalue weighted by Gasteiger charge is -2.21. The highest BCUT2D eigenvalue weighted by atomic mass is 35.5. The van der Waals surface area contributed by atoms with Gasteiger partial charge >= 0.3 is 0 Å². The van der Waals surface area contributed by atoms with E-state index in [2.05, 4.69) is 19.9 Å². The molecule has 0 aliphatic carbocycles. The minimum atomic E-state index is 0.129. The molecule has 1 aliphatic rings. The number of rotatable bonds is 2. The van der Waals surface area contributed by atoms with Crippen LogP contribution in [-0.4, -0.2) is 33.2 Å². The molecule has 2 aromatic heterocycles. The van der Waals surface area contributed by atoms with Crippen molar-refractivity contribution in [3.63, 3.8) is 0 Å². The van der Waals surface area contributed by atoms with Crippen LogP contribution in [0.5, 0.6) is 11.5 Å². The maximum absolute atomic E-state index is 10.6. The number of benzene rings is 2. The number of phenols is 1. The standard InChI is InChI=1S/C21H17ClN4O2/c22-16-3-1-2-13(9-16)14-8-15-11-26(6-7-28-19(15)18(27)10-14)21-17-4-5-23-20(17)24-12-25-21/h1-5,8-10,12,27H,6-7,11H2,(H,23,24,25). The van der Waals surface area contributed by atoms with Crippen LogP contribution < -0.4 is 9.64 Å². The highest BCUT2D eigenvalue weighted by Gasteiger charge is 2.22. The first-order chi connectivity index (χ1) is 13.7. The molecule has 140 valence electrons. The molecular weight excluding hydrogens is 376 g/mol. The Morgan fingerprint density at radius 3 is 2.93 bits per heavy atom. The molecule has 0 amide bonds. The maximum Gasteiger partial charge on any atom is 0.166 e. The molecule has 0 saturated carbocycles. The van der Waals surface area contributed by atoms with E-state index in [1.54, 1.807) is 12.4 Å². The number of fused-ring (bicyclic) bond motifs is 2. The molecular formula is C21H17ClN4O2. The van der Waals surface area contributed by atoms with E-state index in [0.717, 1.165) is 33.5 Å². The zero-order valence-electron chi connectivity index (χ0n) is 14.9. The normalized spacial score (nSPS) is 13.8. The van der Waals surface area contributed by atoms with Crippen molar-refractivity contribution >= 4 is 28.5 Å². The van der Waals surface area contributed by atoms with E-state index in [9.17, 15) is 5.11 Å². The number of hydrogen-bond donors (Lipinski definition) is 2. The van der Waals surface area contributed by atoms with Gasteiger partial charge in [0.25, 0.3) is 0 Å². The average Bonchev–Trinajstić information content (AvgIpc) is 3.07. The molecule has 5 rings (SSSR count). The Labute approximate surface area is 166 Å². The Morgan fingerprint density at radius 1 is 1.11 bits per heavy atom. The topological polar surface area (TPSA) is 74.3 Å². The van der Waals surface area contributed by atoms with E-state index in [-0.39, 0.29) is 5.75 Å². The van der Waals surface area contributed by atoms with Crippen LogP contribution in [0.1, 0.15) is 5.56 Å². The van der Waals surface area contributed by atoms with E-state index in [1.807, 2.05) is 42.6 Å². The molecule has 0 spiro atoms. The number of nitrogens with one attached hydrogen (secondary N) is 1. The molecule has 7 heteroatoms. The fraction of sp³-hybridized carbons (Fsp3) is 0.143. The number of H-pyrrole nitrogens is 1.